The summed E-state index contributed by atoms with van der Waals surface area (Å²) in [5, 5.41) is 9.07. The minimum atomic E-state index is -1.35. The third-order valence-electron chi connectivity index (χ3n) is 4.16. The van der Waals surface area contributed by atoms with Gasteiger partial charge < -0.3 is 5.11 Å². The van der Waals surface area contributed by atoms with Crippen molar-refractivity contribution in [3.05, 3.63) is 69.2 Å². The van der Waals surface area contributed by atoms with E-state index in [4.69, 9.17) is 5.11 Å². The maximum Gasteiger partial charge on any atom is 0.304 e. The van der Waals surface area contributed by atoms with Gasteiger partial charge in [0.25, 0.3) is 5.91 Å². The maximum atomic E-state index is 14.2. The molecular formula is C18H12BrF2NO4. The summed E-state index contributed by atoms with van der Waals surface area (Å²) < 4.78 is 28.8. The Balaban J connectivity index is 2.05. The number of rotatable bonds is 4. The zero-order chi connectivity index (χ0) is 19.0. The van der Waals surface area contributed by atoms with Gasteiger partial charge in [-0.2, -0.15) is 0 Å². The average Bonchev–Trinajstić information content (AvgIpc) is 2.57. The fraction of sp³-hybridized carbons (Fsp3) is 0.167. The number of fused-ring (bicyclic) bond motifs is 1. The molecule has 1 atom stereocenters. The fourth-order valence-corrected chi connectivity index (χ4v) is 3.30. The van der Waals surface area contributed by atoms with Crippen molar-refractivity contribution in [2.24, 2.45) is 0 Å². The number of nitrogens with zero attached hydrogens (tertiary/aromatic N) is 1. The van der Waals surface area contributed by atoms with E-state index < -0.39 is 41.8 Å². The smallest absolute Gasteiger partial charge is 0.304 e. The number of carboxylic acid groups (broad SMARTS) is 1. The lowest BCUT2D eigenvalue weighted by Crippen LogP contribution is -2.45. The summed E-state index contributed by atoms with van der Waals surface area (Å²) in [4.78, 5) is 37.3. The van der Waals surface area contributed by atoms with Crippen LogP contribution >= 0.6 is 15.9 Å². The summed E-state index contributed by atoms with van der Waals surface area (Å²) in [6.45, 7) is -0.372. The zero-order valence-corrected chi connectivity index (χ0v) is 14.8. The van der Waals surface area contributed by atoms with Crippen LogP contribution in [-0.2, 0) is 16.1 Å². The molecule has 0 saturated heterocycles. The van der Waals surface area contributed by atoms with E-state index >= 15 is 0 Å². The second kappa shape index (κ2) is 6.95. The first-order chi connectivity index (χ1) is 12.3. The molecule has 134 valence electrons. The number of imide groups is 1. The topological polar surface area (TPSA) is 74.7 Å². The predicted molar refractivity (Wildman–Crippen MR) is 90.4 cm³/mol. The van der Waals surface area contributed by atoms with E-state index in [-0.39, 0.29) is 23.2 Å². The van der Waals surface area contributed by atoms with Gasteiger partial charge in [-0.1, -0.05) is 28.1 Å². The Bertz CT molecular complexity index is 931. The molecule has 0 radical (unpaired) electrons. The number of aliphatic carboxylic acids is 1. The van der Waals surface area contributed by atoms with Gasteiger partial charge in [0.15, 0.2) is 0 Å². The highest BCUT2D eigenvalue weighted by Crippen LogP contribution is 2.34. The van der Waals surface area contributed by atoms with Crippen molar-refractivity contribution in [1.29, 1.82) is 0 Å². The largest absolute Gasteiger partial charge is 0.481 e. The molecule has 1 aliphatic rings. The molecule has 2 amide bonds. The monoisotopic (exact) mass is 423 g/mol. The van der Waals surface area contributed by atoms with Gasteiger partial charge in [-0.25, -0.2) is 8.78 Å². The van der Waals surface area contributed by atoms with E-state index in [1.165, 1.54) is 24.3 Å². The zero-order valence-electron chi connectivity index (χ0n) is 13.2. The van der Waals surface area contributed by atoms with Crippen molar-refractivity contribution in [1.82, 2.24) is 4.90 Å². The fourth-order valence-electron chi connectivity index (χ4n) is 2.97. The molecule has 2 aromatic carbocycles. The molecule has 2 aromatic rings. The molecule has 1 unspecified atom stereocenters. The van der Waals surface area contributed by atoms with Crippen molar-refractivity contribution >= 4 is 33.7 Å². The molecule has 0 fully saturated rings. The number of carbonyl (C=O) groups excluding carboxylic acids is 2. The lowest BCUT2D eigenvalue weighted by molar-refractivity contribution is -0.141. The Morgan fingerprint density at radius 1 is 1.15 bits per heavy atom. The first kappa shape index (κ1) is 18.2. The Kier molecular flexibility index (Phi) is 4.86. The van der Waals surface area contributed by atoms with Crippen molar-refractivity contribution < 1.29 is 28.3 Å². The van der Waals surface area contributed by atoms with Gasteiger partial charge in [0, 0.05) is 21.2 Å². The molecule has 0 aliphatic carbocycles. The number of hydrogen-bond donors (Lipinski definition) is 1. The Morgan fingerprint density at radius 2 is 1.88 bits per heavy atom. The Labute approximate surface area is 155 Å². The summed E-state index contributed by atoms with van der Waals surface area (Å²) >= 11 is 3.12. The molecule has 1 heterocycles. The number of carboxylic acids is 1. The van der Waals surface area contributed by atoms with Gasteiger partial charge in [-0.3, -0.25) is 19.3 Å². The van der Waals surface area contributed by atoms with Gasteiger partial charge in [-0.15, -0.1) is 0 Å². The number of hydrogen-bond acceptors (Lipinski definition) is 3. The molecule has 1 N–H and O–H groups in total. The SMILES string of the molecule is O=C(O)CC1C(=O)N(Cc2ccc(Br)cc2F)C(=O)c2cccc(F)c21. The molecule has 0 spiro atoms. The molecule has 1 aliphatic heterocycles. The molecule has 8 heteroatoms. The Morgan fingerprint density at radius 3 is 2.54 bits per heavy atom. The third kappa shape index (κ3) is 3.24. The van der Waals surface area contributed by atoms with Crippen LogP contribution in [0.2, 0.25) is 0 Å². The predicted octanol–water partition coefficient (Wildman–Crippen LogP) is 3.47. The van der Waals surface area contributed by atoms with Crippen LogP contribution in [0.4, 0.5) is 8.78 Å². The normalized spacial score (nSPS) is 16.6. The van der Waals surface area contributed by atoms with Crippen molar-refractivity contribution in [2.75, 3.05) is 0 Å². The summed E-state index contributed by atoms with van der Waals surface area (Å²) in [6.07, 6.45) is -0.667. The van der Waals surface area contributed by atoms with Gasteiger partial charge in [0.2, 0.25) is 5.91 Å². The molecule has 0 saturated carbocycles. The number of carbonyl (C=O) groups is 3. The van der Waals surface area contributed by atoms with Crippen molar-refractivity contribution in [3.63, 3.8) is 0 Å². The summed E-state index contributed by atoms with van der Waals surface area (Å²) in [5.41, 5.74) is -0.227. The highest BCUT2D eigenvalue weighted by molar-refractivity contribution is 9.10. The number of benzene rings is 2. The first-order valence-corrected chi connectivity index (χ1v) is 8.38. The lowest BCUT2D eigenvalue weighted by Gasteiger charge is -2.32. The molecule has 5 nitrogen and oxygen atoms in total. The lowest BCUT2D eigenvalue weighted by atomic mass is 9.85. The van der Waals surface area contributed by atoms with E-state index in [9.17, 15) is 23.2 Å². The summed E-state index contributed by atoms with van der Waals surface area (Å²) in [5.74, 6) is -5.74. The highest BCUT2D eigenvalue weighted by Gasteiger charge is 2.41. The van der Waals surface area contributed by atoms with Gasteiger partial charge in [0.1, 0.15) is 11.6 Å². The van der Waals surface area contributed by atoms with Crippen molar-refractivity contribution in [3.8, 4) is 0 Å². The average molecular weight is 424 g/mol. The molecule has 3 rings (SSSR count). The van der Waals surface area contributed by atoms with Crippen LogP contribution < -0.4 is 0 Å². The van der Waals surface area contributed by atoms with Crippen LogP contribution in [0.25, 0.3) is 0 Å². The quantitative estimate of drug-likeness (QED) is 0.763. The van der Waals surface area contributed by atoms with Crippen LogP contribution in [0.5, 0.6) is 0 Å². The standard InChI is InChI=1S/C18H12BrF2NO4/c19-10-5-4-9(14(21)6-10)8-22-17(25)11-2-1-3-13(20)16(11)12(18(22)26)7-15(23)24/h1-6,12H,7-8H2,(H,23,24). The molecular weight excluding hydrogens is 412 g/mol. The molecule has 0 bridgehead atoms. The third-order valence-corrected chi connectivity index (χ3v) is 4.66. The molecule has 26 heavy (non-hydrogen) atoms. The van der Waals surface area contributed by atoms with E-state index in [0.717, 1.165) is 11.0 Å². The van der Waals surface area contributed by atoms with Crippen LogP contribution in [0.1, 0.15) is 33.8 Å². The minimum absolute atomic E-state index is 0.0869. The van der Waals surface area contributed by atoms with Crippen LogP contribution in [0.3, 0.4) is 0 Å². The summed E-state index contributed by atoms with van der Waals surface area (Å²) in [6, 6.07) is 7.85. The molecule has 0 aromatic heterocycles. The van der Waals surface area contributed by atoms with Crippen molar-refractivity contribution in [2.45, 2.75) is 18.9 Å². The van der Waals surface area contributed by atoms with E-state index in [0.29, 0.717) is 4.47 Å². The van der Waals surface area contributed by atoms with Crippen LogP contribution in [0.15, 0.2) is 40.9 Å². The van der Waals surface area contributed by atoms with Crippen LogP contribution in [0, 0.1) is 11.6 Å². The minimum Gasteiger partial charge on any atom is -0.481 e. The van der Waals surface area contributed by atoms with Crippen LogP contribution in [-0.4, -0.2) is 27.8 Å². The Hall–Kier alpha value is -2.61. The second-order valence-electron chi connectivity index (χ2n) is 5.82. The summed E-state index contributed by atoms with van der Waals surface area (Å²) in [7, 11) is 0. The highest BCUT2D eigenvalue weighted by atomic mass is 79.9. The van der Waals surface area contributed by atoms with E-state index in [1.807, 2.05) is 0 Å². The van der Waals surface area contributed by atoms with E-state index in [2.05, 4.69) is 15.9 Å². The number of amides is 2. The maximum absolute atomic E-state index is 14.2. The van der Waals surface area contributed by atoms with Gasteiger partial charge >= 0.3 is 5.97 Å². The second-order valence-corrected chi connectivity index (χ2v) is 6.73. The van der Waals surface area contributed by atoms with E-state index in [1.54, 1.807) is 6.07 Å². The first-order valence-electron chi connectivity index (χ1n) is 7.59. The van der Waals surface area contributed by atoms with Gasteiger partial charge in [-0.05, 0) is 24.3 Å². The van der Waals surface area contributed by atoms with Gasteiger partial charge in [0.05, 0.1) is 18.9 Å². The number of halogens is 3.